The molecule has 1 aromatic carbocycles. The molecule has 0 aliphatic carbocycles. The average molecular weight is 314 g/mol. The number of carbonyl (C=O) groups excluding carboxylic acids is 1. The highest BCUT2D eigenvalue weighted by molar-refractivity contribution is 9.10. The Morgan fingerprint density at radius 3 is 2.67 bits per heavy atom. The van der Waals surface area contributed by atoms with Crippen molar-refractivity contribution >= 4 is 33.2 Å². The van der Waals surface area contributed by atoms with Crippen molar-refractivity contribution in [3.05, 3.63) is 22.7 Å². The molecule has 0 spiro atoms. The Labute approximate surface area is 117 Å². The fraction of sp³-hybridized carbons (Fsp3) is 0.462. The van der Waals surface area contributed by atoms with Gasteiger partial charge in [0.1, 0.15) is 0 Å². The van der Waals surface area contributed by atoms with Crippen molar-refractivity contribution < 1.29 is 4.79 Å². The van der Waals surface area contributed by atoms with E-state index in [0.29, 0.717) is 12.2 Å². The van der Waals surface area contributed by atoms with Crippen molar-refractivity contribution in [2.45, 2.75) is 26.8 Å². The molecule has 18 heavy (non-hydrogen) atoms. The lowest BCUT2D eigenvalue weighted by atomic mass is 10.2. The number of amides is 1. The summed E-state index contributed by atoms with van der Waals surface area (Å²) in [5, 5.41) is 2.88. The van der Waals surface area contributed by atoms with Crippen LogP contribution in [0.2, 0.25) is 0 Å². The van der Waals surface area contributed by atoms with Crippen LogP contribution in [0.25, 0.3) is 0 Å². The molecule has 0 saturated carbocycles. The summed E-state index contributed by atoms with van der Waals surface area (Å²) in [7, 11) is 0. The fourth-order valence-corrected chi connectivity index (χ4v) is 2.10. The molecule has 0 aliphatic heterocycles. The SMILES string of the molecule is CCN(CC(=O)NC(C)C)c1ccc(Br)cc1N. The molecule has 5 heteroatoms. The molecule has 1 amide bonds. The first kappa shape index (κ1) is 14.8. The highest BCUT2D eigenvalue weighted by Gasteiger charge is 2.13. The van der Waals surface area contributed by atoms with Crippen LogP contribution in [-0.4, -0.2) is 25.0 Å². The predicted molar refractivity (Wildman–Crippen MR) is 79.7 cm³/mol. The standard InChI is InChI=1S/C13H20BrN3O/c1-4-17(8-13(18)16-9(2)3)12-6-5-10(14)7-11(12)15/h5-7,9H,4,8,15H2,1-3H3,(H,16,18). The largest absolute Gasteiger partial charge is 0.397 e. The van der Waals surface area contributed by atoms with Crippen molar-refractivity contribution in [3.8, 4) is 0 Å². The molecule has 1 rings (SSSR count). The van der Waals surface area contributed by atoms with Crippen molar-refractivity contribution in [1.82, 2.24) is 5.32 Å². The van der Waals surface area contributed by atoms with Gasteiger partial charge in [-0.3, -0.25) is 4.79 Å². The second kappa shape index (κ2) is 6.64. The third-order valence-electron chi connectivity index (χ3n) is 2.50. The molecule has 0 saturated heterocycles. The van der Waals surface area contributed by atoms with E-state index in [9.17, 15) is 4.79 Å². The number of anilines is 2. The summed E-state index contributed by atoms with van der Waals surface area (Å²) in [5.74, 6) is 0.00849. The molecular formula is C13H20BrN3O. The van der Waals surface area contributed by atoms with Crippen LogP contribution in [0.1, 0.15) is 20.8 Å². The molecule has 0 heterocycles. The van der Waals surface area contributed by atoms with Gasteiger partial charge in [0.25, 0.3) is 0 Å². The van der Waals surface area contributed by atoms with E-state index in [1.165, 1.54) is 0 Å². The molecule has 0 fully saturated rings. The van der Waals surface area contributed by atoms with Crippen LogP contribution in [-0.2, 0) is 4.79 Å². The van der Waals surface area contributed by atoms with E-state index in [0.717, 1.165) is 16.7 Å². The molecule has 0 aromatic heterocycles. The van der Waals surface area contributed by atoms with Crippen LogP contribution in [0, 0.1) is 0 Å². The number of likely N-dealkylation sites (N-methyl/N-ethyl adjacent to an activating group) is 1. The normalized spacial score (nSPS) is 10.5. The van der Waals surface area contributed by atoms with E-state index in [1.807, 2.05) is 43.9 Å². The van der Waals surface area contributed by atoms with Crippen LogP contribution in [0.4, 0.5) is 11.4 Å². The Hall–Kier alpha value is -1.23. The van der Waals surface area contributed by atoms with E-state index < -0.39 is 0 Å². The topological polar surface area (TPSA) is 58.4 Å². The van der Waals surface area contributed by atoms with E-state index in [4.69, 9.17) is 5.73 Å². The van der Waals surface area contributed by atoms with E-state index in [2.05, 4.69) is 21.2 Å². The maximum absolute atomic E-state index is 11.8. The number of benzene rings is 1. The smallest absolute Gasteiger partial charge is 0.239 e. The highest BCUT2D eigenvalue weighted by Crippen LogP contribution is 2.26. The number of nitrogens with zero attached hydrogens (tertiary/aromatic N) is 1. The lowest BCUT2D eigenvalue weighted by Crippen LogP contribution is -2.40. The maximum atomic E-state index is 11.8. The van der Waals surface area contributed by atoms with E-state index in [-0.39, 0.29) is 11.9 Å². The van der Waals surface area contributed by atoms with Gasteiger partial charge in [0.2, 0.25) is 5.91 Å². The Balaban J connectivity index is 2.80. The third-order valence-corrected chi connectivity index (χ3v) is 2.99. The minimum absolute atomic E-state index is 0.00849. The van der Waals surface area contributed by atoms with Crippen molar-refractivity contribution in [2.75, 3.05) is 23.7 Å². The second-order valence-electron chi connectivity index (χ2n) is 4.44. The van der Waals surface area contributed by atoms with Gasteiger partial charge in [0, 0.05) is 17.1 Å². The summed E-state index contributed by atoms with van der Waals surface area (Å²) in [4.78, 5) is 13.7. The van der Waals surface area contributed by atoms with Crippen LogP contribution in [0.5, 0.6) is 0 Å². The lowest BCUT2D eigenvalue weighted by Gasteiger charge is -2.24. The van der Waals surface area contributed by atoms with Crippen LogP contribution >= 0.6 is 15.9 Å². The zero-order chi connectivity index (χ0) is 13.7. The van der Waals surface area contributed by atoms with Crippen LogP contribution in [0.3, 0.4) is 0 Å². The number of hydrogen-bond acceptors (Lipinski definition) is 3. The van der Waals surface area contributed by atoms with Gasteiger partial charge in [0.05, 0.1) is 17.9 Å². The molecular weight excluding hydrogens is 294 g/mol. The van der Waals surface area contributed by atoms with Gasteiger partial charge in [-0.05, 0) is 39.0 Å². The monoisotopic (exact) mass is 313 g/mol. The van der Waals surface area contributed by atoms with Gasteiger partial charge in [-0.25, -0.2) is 0 Å². The summed E-state index contributed by atoms with van der Waals surface area (Å²) in [6.45, 7) is 6.95. The van der Waals surface area contributed by atoms with Gasteiger partial charge < -0.3 is 16.0 Å². The molecule has 4 nitrogen and oxygen atoms in total. The lowest BCUT2D eigenvalue weighted by molar-refractivity contribution is -0.120. The summed E-state index contributed by atoms with van der Waals surface area (Å²) >= 11 is 3.37. The minimum atomic E-state index is 0.00849. The molecule has 0 aliphatic rings. The van der Waals surface area contributed by atoms with Gasteiger partial charge >= 0.3 is 0 Å². The summed E-state index contributed by atoms with van der Waals surface area (Å²) in [6.07, 6.45) is 0. The van der Waals surface area contributed by atoms with Gasteiger partial charge in [0.15, 0.2) is 0 Å². The Morgan fingerprint density at radius 2 is 2.17 bits per heavy atom. The second-order valence-corrected chi connectivity index (χ2v) is 5.36. The molecule has 3 N–H and O–H groups in total. The number of nitrogen functional groups attached to an aromatic ring is 1. The predicted octanol–water partition coefficient (Wildman–Crippen LogP) is 2.38. The Bertz CT molecular complexity index is 421. The van der Waals surface area contributed by atoms with Crippen LogP contribution < -0.4 is 16.0 Å². The average Bonchev–Trinajstić information content (AvgIpc) is 2.25. The van der Waals surface area contributed by atoms with Crippen LogP contribution in [0.15, 0.2) is 22.7 Å². The molecule has 0 bridgehead atoms. The number of carbonyl (C=O) groups is 1. The first-order chi connectivity index (χ1) is 8.43. The molecule has 100 valence electrons. The van der Waals surface area contributed by atoms with Gasteiger partial charge in [-0.15, -0.1) is 0 Å². The number of nitrogens with one attached hydrogen (secondary N) is 1. The van der Waals surface area contributed by atoms with Crippen molar-refractivity contribution in [1.29, 1.82) is 0 Å². The summed E-state index contributed by atoms with van der Waals surface area (Å²) in [5.41, 5.74) is 7.53. The number of hydrogen-bond donors (Lipinski definition) is 2. The first-order valence-corrected chi connectivity index (χ1v) is 6.82. The molecule has 0 radical (unpaired) electrons. The Morgan fingerprint density at radius 1 is 1.50 bits per heavy atom. The molecule has 0 unspecified atom stereocenters. The number of nitrogens with two attached hydrogens (primary N) is 1. The molecule has 0 atom stereocenters. The number of halogens is 1. The van der Waals surface area contributed by atoms with E-state index in [1.54, 1.807) is 0 Å². The summed E-state index contributed by atoms with van der Waals surface area (Å²) < 4.78 is 0.937. The minimum Gasteiger partial charge on any atom is -0.397 e. The quantitative estimate of drug-likeness (QED) is 0.821. The first-order valence-electron chi connectivity index (χ1n) is 6.03. The number of rotatable bonds is 5. The molecule has 1 aromatic rings. The fourth-order valence-electron chi connectivity index (χ4n) is 1.72. The zero-order valence-electron chi connectivity index (χ0n) is 11.0. The Kier molecular flexibility index (Phi) is 5.47. The van der Waals surface area contributed by atoms with Gasteiger partial charge in [-0.2, -0.15) is 0 Å². The van der Waals surface area contributed by atoms with Crippen molar-refractivity contribution in [2.24, 2.45) is 0 Å². The van der Waals surface area contributed by atoms with Crippen molar-refractivity contribution in [3.63, 3.8) is 0 Å². The third kappa shape index (κ3) is 4.22. The maximum Gasteiger partial charge on any atom is 0.239 e. The van der Waals surface area contributed by atoms with Gasteiger partial charge in [-0.1, -0.05) is 15.9 Å². The highest BCUT2D eigenvalue weighted by atomic mass is 79.9. The summed E-state index contributed by atoms with van der Waals surface area (Å²) in [6, 6.07) is 5.84. The van der Waals surface area contributed by atoms with E-state index >= 15 is 0 Å². The zero-order valence-corrected chi connectivity index (χ0v) is 12.6.